The van der Waals surface area contributed by atoms with Crippen molar-refractivity contribution >= 4 is 5.78 Å². The molecule has 1 saturated heterocycles. The monoisotopic (exact) mass is 399 g/mol. The first-order chi connectivity index (χ1) is 13.8. The number of nitrogens with one attached hydrogen (secondary N) is 1. The molecule has 1 aliphatic heterocycles. The zero-order valence-electron chi connectivity index (χ0n) is 18.8. The first-order valence-corrected chi connectivity index (χ1v) is 12.4. The molecule has 5 aliphatic rings. The van der Waals surface area contributed by atoms with Crippen LogP contribution in [0, 0.1) is 46.3 Å². The maximum Gasteiger partial charge on any atom is 0.139 e. The number of fused-ring (bicyclic) bond motifs is 5. The van der Waals surface area contributed by atoms with Gasteiger partial charge in [-0.2, -0.15) is 0 Å². The quantitative estimate of drug-likeness (QED) is 0.659. The molecule has 0 aromatic rings. The molecular formula is C26H41NO2. The van der Waals surface area contributed by atoms with Crippen molar-refractivity contribution in [3.63, 3.8) is 0 Å². The van der Waals surface area contributed by atoms with E-state index in [1.54, 1.807) is 0 Å². The number of allylic oxidation sites excluding steroid dienone is 1. The van der Waals surface area contributed by atoms with Crippen molar-refractivity contribution in [3.05, 3.63) is 12.2 Å². The molecular weight excluding hydrogens is 358 g/mol. The van der Waals surface area contributed by atoms with Crippen molar-refractivity contribution in [2.24, 2.45) is 46.3 Å². The molecule has 1 heterocycles. The fourth-order valence-electron chi connectivity index (χ4n) is 8.83. The summed E-state index contributed by atoms with van der Waals surface area (Å²) in [6.07, 6.45) is 14.4. The van der Waals surface area contributed by atoms with E-state index in [1.807, 2.05) is 0 Å². The van der Waals surface area contributed by atoms with Gasteiger partial charge in [0.05, 0.1) is 5.60 Å². The molecule has 4 aliphatic carbocycles. The van der Waals surface area contributed by atoms with Crippen LogP contribution in [0.1, 0.15) is 78.6 Å². The Morgan fingerprint density at radius 2 is 1.79 bits per heavy atom. The zero-order chi connectivity index (χ0) is 20.4. The molecule has 3 heteroatoms. The molecule has 5 rings (SSSR count). The summed E-state index contributed by atoms with van der Waals surface area (Å²) >= 11 is 0. The van der Waals surface area contributed by atoms with Gasteiger partial charge in [0, 0.05) is 18.4 Å². The highest BCUT2D eigenvalue weighted by molar-refractivity contribution is 5.87. The lowest BCUT2D eigenvalue weighted by atomic mass is 9.41. The highest BCUT2D eigenvalue weighted by atomic mass is 16.3. The minimum Gasteiger partial charge on any atom is -0.389 e. The molecule has 0 bridgehead atoms. The number of aliphatic hydroxyl groups is 1. The van der Waals surface area contributed by atoms with Crippen LogP contribution in [0.25, 0.3) is 0 Å². The van der Waals surface area contributed by atoms with Crippen LogP contribution in [0.5, 0.6) is 0 Å². The van der Waals surface area contributed by atoms with Gasteiger partial charge in [0.25, 0.3) is 0 Å². The molecule has 0 radical (unpaired) electrons. The number of carbonyl (C=O) groups excluding carboxylic acids is 1. The Morgan fingerprint density at radius 3 is 2.55 bits per heavy atom. The Bertz CT molecular complexity index is 697. The third kappa shape index (κ3) is 2.93. The van der Waals surface area contributed by atoms with E-state index in [-0.39, 0.29) is 10.8 Å². The molecule has 3 nitrogen and oxygen atoms in total. The van der Waals surface area contributed by atoms with Crippen molar-refractivity contribution in [1.82, 2.24) is 5.32 Å². The van der Waals surface area contributed by atoms with Crippen LogP contribution < -0.4 is 5.32 Å². The van der Waals surface area contributed by atoms with Crippen LogP contribution in [0.2, 0.25) is 0 Å². The van der Waals surface area contributed by atoms with Crippen LogP contribution in [-0.4, -0.2) is 29.6 Å². The standard InChI is InChI=1S/C26H41NO2/c1-17-14-26(29)15-18(4-5-19-10-13-27-16-19)8-12-25(26,3)21-9-11-24(2)20(23(17)21)6-7-22(24)28/h4-5,17-21,23,27,29H,6-16H2,1-3H3/b5-4-/t17-,18-,19+,20+,21+,23+,24+,25-,26-/m1/s1. The minimum atomic E-state index is -0.537. The van der Waals surface area contributed by atoms with E-state index >= 15 is 0 Å². The summed E-state index contributed by atoms with van der Waals surface area (Å²) < 4.78 is 0. The normalized spacial score (nSPS) is 55.0. The van der Waals surface area contributed by atoms with Gasteiger partial charge in [0.15, 0.2) is 0 Å². The number of ketones is 1. The lowest BCUT2D eigenvalue weighted by Gasteiger charge is -2.65. The summed E-state index contributed by atoms with van der Waals surface area (Å²) in [6.45, 7) is 9.32. The second-order valence-electron chi connectivity index (χ2n) is 12.0. The second kappa shape index (κ2) is 6.92. The van der Waals surface area contributed by atoms with Gasteiger partial charge in [-0.15, -0.1) is 0 Å². The van der Waals surface area contributed by atoms with Crippen molar-refractivity contribution in [1.29, 1.82) is 0 Å². The molecule has 9 atom stereocenters. The Kier molecular flexibility index (Phi) is 4.83. The fourth-order valence-corrected chi connectivity index (χ4v) is 8.83. The Morgan fingerprint density at radius 1 is 1.00 bits per heavy atom. The smallest absolute Gasteiger partial charge is 0.139 e. The first-order valence-electron chi connectivity index (χ1n) is 12.4. The van der Waals surface area contributed by atoms with Crippen molar-refractivity contribution in [3.8, 4) is 0 Å². The van der Waals surface area contributed by atoms with E-state index in [1.165, 1.54) is 12.8 Å². The maximum atomic E-state index is 12.7. The van der Waals surface area contributed by atoms with E-state index in [0.29, 0.717) is 41.3 Å². The van der Waals surface area contributed by atoms with Crippen LogP contribution in [0.3, 0.4) is 0 Å². The number of Topliss-reactive ketones (excluding diaryl/α,β-unsaturated/α-hetero) is 1. The van der Waals surface area contributed by atoms with E-state index in [0.717, 1.165) is 58.0 Å². The van der Waals surface area contributed by atoms with Gasteiger partial charge >= 0.3 is 0 Å². The summed E-state index contributed by atoms with van der Waals surface area (Å²) in [6, 6.07) is 0. The highest BCUT2D eigenvalue weighted by Crippen LogP contribution is 2.68. The molecule has 4 saturated carbocycles. The zero-order valence-corrected chi connectivity index (χ0v) is 18.8. The number of hydrogen-bond acceptors (Lipinski definition) is 3. The maximum absolute atomic E-state index is 12.7. The lowest BCUT2D eigenvalue weighted by Crippen LogP contribution is -2.64. The van der Waals surface area contributed by atoms with E-state index in [9.17, 15) is 9.90 Å². The average molecular weight is 400 g/mol. The number of hydrogen-bond donors (Lipinski definition) is 2. The molecule has 0 aromatic heterocycles. The Labute approximate surface area is 177 Å². The van der Waals surface area contributed by atoms with E-state index in [4.69, 9.17) is 0 Å². The summed E-state index contributed by atoms with van der Waals surface area (Å²) in [5.74, 6) is 4.02. The first kappa shape index (κ1) is 20.2. The number of rotatable bonds is 2. The van der Waals surface area contributed by atoms with E-state index < -0.39 is 5.60 Å². The van der Waals surface area contributed by atoms with Gasteiger partial charge in [-0.1, -0.05) is 32.9 Å². The molecule has 5 fully saturated rings. The molecule has 0 amide bonds. The van der Waals surface area contributed by atoms with Crippen molar-refractivity contribution in [2.75, 3.05) is 13.1 Å². The third-order valence-electron chi connectivity index (χ3n) is 10.6. The largest absolute Gasteiger partial charge is 0.389 e. The van der Waals surface area contributed by atoms with Crippen LogP contribution >= 0.6 is 0 Å². The summed E-state index contributed by atoms with van der Waals surface area (Å²) in [7, 11) is 0. The van der Waals surface area contributed by atoms with Crippen LogP contribution in [0.4, 0.5) is 0 Å². The lowest BCUT2D eigenvalue weighted by molar-refractivity contribution is -0.223. The molecule has 0 aromatic carbocycles. The Hall–Kier alpha value is -0.670. The average Bonchev–Trinajstić information content (AvgIpc) is 3.30. The second-order valence-corrected chi connectivity index (χ2v) is 12.0. The predicted octanol–water partition coefficient (Wildman–Crippen LogP) is 4.74. The third-order valence-corrected chi connectivity index (χ3v) is 10.6. The van der Waals surface area contributed by atoms with Gasteiger partial charge in [0.1, 0.15) is 5.78 Å². The molecule has 0 unspecified atom stereocenters. The number of carbonyl (C=O) groups is 1. The Balaban J connectivity index is 1.38. The van der Waals surface area contributed by atoms with E-state index in [2.05, 4.69) is 38.2 Å². The van der Waals surface area contributed by atoms with Gasteiger partial charge in [0.2, 0.25) is 0 Å². The summed E-state index contributed by atoms with van der Waals surface area (Å²) in [5.41, 5.74) is -0.585. The van der Waals surface area contributed by atoms with Gasteiger partial charge < -0.3 is 10.4 Å². The van der Waals surface area contributed by atoms with Crippen LogP contribution in [0.15, 0.2) is 12.2 Å². The molecule has 2 N–H and O–H groups in total. The minimum absolute atomic E-state index is 0.0242. The van der Waals surface area contributed by atoms with Gasteiger partial charge in [-0.25, -0.2) is 0 Å². The molecule has 0 spiro atoms. The topological polar surface area (TPSA) is 49.3 Å². The van der Waals surface area contributed by atoms with Gasteiger partial charge in [-0.05, 0) is 98.8 Å². The molecule has 162 valence electrons. The SMILES string of the molecule is C[C@@H]1C[C@@]2(O)C[C@H](/C=C\[C@H]3CCNC3)CC[C@]2(C)[C@H]2CC[C@]3(C)C(=O)CC[C@H]3[C@H]12. The summed E-state index contributed by atoms with van der Waals surface area (Å²) in [4.78, 5) is 12.7. The highest BCUT2D eigenvalue weighted by Gasteiger charge is 2.66. The van der Waals surface area contributed by atoms with Crippen LogP contribution in [-0.2, 0) is 4.79 Å². The molecule has 29 heavy (non-hydrogen) atoms. The predicted molar refractivity (Wildman–Crippen MR) is 116 cm³/mol. The van der Waals surface area contributed by atoms with Crippen molar-refractivity contribution < 1.29 is 9.90 Å². The summed E-state index contributed by atoms with van der Waals surface area (Å²) in [5, 5.41) is 15.5. The van der Waals surface area contributed by atoms with Crippen molar-refractivity contribution in [2.45, 2.75) is 84.2 Å². The fraction of sp³-hybridized carbons (Fsp3) is 0.885. The van der Waals surface area contributed by atoms with Gasteiger partial charge in [-0.3, -0.25) is 4.79 Å².